The summed E-state index contributed by atoms with van der Waals surface area (Å²) in [7, 11) is 0. The average molecular weight is 334 g/mol. The van der Waals surface area contributed by atoms with E-state index in [1.54, 1.807) is 0 Å². The highest BCUT2D eigenvalue weighted by molar-refractivity contribution is 5.86. The molecule has 5 rings (SSSR count). The number of aromatic nitrogens is 1. The topological polar surface area (TPSA) is 44.9 Å². The normalized spacial score (nSPS) is 29.4. The summed E-state index contributed by atoms with van der Waals surface area (Å²) >= 11 is 0. The van der Waals surface area contributed by atoms with Gasteiger partial charge in [0.05, 0.1) is 0 Å². The van der Waals surface area contributed by atoms with Crippen molar-refractivity contribution >= 4 is 16.8 Å². The summed E-state index contributed by atoms with van der Waals surface area (Å²) in [5, 5.41) is 4.58. The van der Waals surface area contributed by atoms with E-state index in [9.17, 15) is 4.79 Å². The van der Waals surface area contributed by atoms with E-state index in [0.29, 0.717) is 17.3 Å². The van der Waals surface area contributed by atoms with Crippen LogP contribution in [0.25, 0.3) is 10.9 Å². The number of hydrogen-bond acceptors (Lipinski definition) is 1. The van der Waals surface area contributed by atoms with Crippen molar-refractivity contribution in [3.8, 4) is 0 Å². The first-order valence-electron chi connectivity index (χ1n) is 9.63. The molecule has 3 nitrogen and oxygen atoms in total. The molecule has 2 bridgehead atoms. The van der Waals surface area contributed by atoms with Crippen molar-refractivity contribution in [3.05, 3.63) is 47.7 Å². The second-order valence-corrected chi connectivity index (χ2v) is 8.52. The molecule has 0 unspecified atom stereocenters. The standard InChI is InChI=1S/C22H26N2O/c1-13-4-3-5-17-15(12-23-20(13)17)10-14(2)24-21(25)18-11-16-6-7-19(18)22(16)8-9-22/h3-7,12,14,16,18-19,23H,8-11H2,1-2H3,(H,24,25)/t14-,16-,18+,19-/m1/s1. The van der Waals surface area contributed by atoms with Gasteiger partial charge in [-0.2, -0.15) is 0 Å². The Hall–Kier alpha value is -2.03. The molecule has 3 heteroatoms. The van der Waals surface area contributed by atoms with Crippen molar-refractivity contribution in [1.82, 2.24) is 10.3 Å². The number of rotatable bonds is 4. The van der Waals surface area contributed by atoms with E-state index in [-0.39, 0.29) is 17.9 Å². The summed E-state index contributed by atoms with van der Waals surface area (Å²) in [6.07, 6.45) is 11.4. The molecule has 1 aromatic heterocycles. The third-order valence-electron chi connectivity index (χ3n) is 6.98. The highest BCUT2D eigenvalue weighted by Gasteiger charge is 2.64. The van der Waals surface area contributed by atoms with Crippen LogP contribution >= 0.6 is 0 Å². The number of hydrogen-bond donors (Lipinski definition) is 2. The fraction of sp³-hybridized carbons (Fsp3) is 0.500. The molecule has 2 saturated carbocycles. The second kappa shape index (κ2) is 5.23. The predicted molar refractivity (Wildman–Crippen MR) is 100 cm³/mol. The van der Waals surface area contributed by atoms with Crippen LogP contribution in [0.3, 0.4) is 0 Å². The van der Waals surface area contributed by atoms with Gasteiger partial charge in [0.2, 0.25) is 5.91 Å². The van der Waals surface area contributed by atoms with Gasteiger partial charge in [-0.15, -0.1) is 0 Å². The smallest absolute Gasteiger partial charge is 0.223 e. The first kappa shape index (κ1) is 15.2. The number of nitrogens with one attached hydrogen (secondary N) is 2. The van der Waals surface area contributed by atoms with E-state index in [2.05, 4.69) is 60.7 Å². The van der Waals surface area contributed by atoms with Crippen LogP contribution in [-0.2, 0) is 11.2 Å². The average Bonchev–Trinajstić information content (AvgIpc) is 3.08. The maximum Gasteiger partial charge on any atom is 0.223 e. The Morgan fingerprint density at radius 2 is 2.20 bits per heavy atom. The Morgan fingerprint density at radius 3 is 2.96 bits per heavy atom. The van der Waals surface area contributed by atoms with Crippen molar-refractivity contribution in [3.63, 3.8) is 0 Å². The van der Waals surface area contributed by atoms with E-state index >= 15 is 0 Å². The van der Waals surface area contributed by atoms with Crippen LogP contribution in [0.15, 0.2) is 36.5 Å². The molecular weight excluding hydrogens is 308 g/mol. The Balaban J connectivity index is 1.28. The summed E-state index contributed by atoms with van der Waals surface area (Å²) in [6.45, 7) is 4.26. The SMILES string of the molecule is Cc1cccc2c(C[C@@H](C)NC(=O)[C@H]3C[C@H]4C=C[C@H]3C43CC3)c[nH]c12. The van der Waals surface area contributed by atoms with E-state index in [1.807, 2.05) is 0 Å². The molecule has 25 heavy (non-hydrogen) atoms. The quantitative estimate of drug-likeness (QED) is 0.812. The number of aryl methyl sites for hydroxylation is 1. The van der Waals surface area contributed by atoms with Crippen molar-refractivity contribution in [2.24, 2.45) is 23.2 Å². The van der Waals surface area contributed by atoms with Crippen LogP contribution in [0.2, 0.25) is 0 Å². The van der Waals surface area contributed by atoms with Crippen LogP contribution < -0.4 is 5.32 Å². The lowest BCUT2D eigenvalue weighted by Gasteiger charge is -2.22. The van der Waals surface area contributed by atoms with Gasteiger partial charge in [0.25, 0.3) is 0 Å². The third-order valence-corrected chi connectivity index (χ3v) is 6.98. The Kier molecular flexibility index (Phi) is 3.19. The van der Waals surface area contributed by atoms with Gasteiger partial charge in [-0.3, -0.25) is 4.79 Å². The molecule has 0 aliphatic heterocycles. The van der Waals surface area contributed by atoms with E-state index < -0.39 is 0 Å². The van der Waals surface area contributed by atoms with Gasteiger partial charge in [-0.25, -0.2) is 0 Å². The fourth-order valence-electron chi connectivity index (χ4n) is 5.53. The van der Waals surface area contributed by atoms with Gasteiger partial charge in [-0.1, -0.05) is 30.4 Å². The monoisotopic (exact) mass is 334 g/mol. The minimum absolute atomic E-state index is 0.158. The first-order valence-corrected chi connectivity index (χ1v) is 9.63. The number of fused-ring (bicyclic) bond motifs is 1. The second-order valence-electron chi connectivity index (χ2n) is 8.52. The van der Waals surface area contributed by atoms with Gasteiger partial charge in [0.15, 0.2) is 0 Å². The number of benzene rings is 1. The van der Waals surface area contributed by atoms with Crippen LogP contribution in [-0.4, -0.2) is 16.9 Å². The fourth-order valence-corrected chi connectivity index (χ4v) is 5.53. The molecule has 3 aliphatic carbocycles. The molecule has 1 heterocycles. The number of H-pyrrole nitrogens is 1. The molecule has 2 N–H and O–H groups in total. The van der Waals surface area contributed by atoms with Crippen LogP contribution in [0, 0.1) is 30.1 Å². The van der Waals surface area contributed by atoms with Crippen molar-refractivity contribution < 1.29 is 4.79 Å². The van der Waals surface area contributed by atoms with E-state index in [4.69, 9.17) is 0 Å². The molecule has 130 valence electrons. The lowest BCUT2D eigenvalue weighted by atomic mass is 9.88. The lowest BCUT2D eigenvalue weighted by molar-refractivity contribution is -0.126. The van der Waals surface area contributed by atoms with Crippen molar-refractivity contribution in [1.29, 1.82) is 0 Å². The summed E-state index contributed by atoms with van der Waals surface area (Å²) in [6, 6.07) is 6.56. The minimum atomic E-state index is 0.158. The molecule has 1 aromatic carbocycles. The molecule has 0 radical (unpaired) electrons. The van der Waals surface area contributed by atoms with Gasteiger partial charge < -0.3 is 10.3 Å². The van der Waals surface area contributed by atoms with Gasteiger partial charge in [0, 0.05) is 29.1 Å². The largest absolute Gasteiger partial charge is 0.361 e. The summed E-state index contributed by atoms with van der Waals surface area (Å²) in [5.41, 5.74) is 4.26. The van der Waals surface area contributed by atoms with Gasteiger partial charge >= 0.3 is 0 Å². The molecule has 4 atom stereocenters. The summed E-state index contributed by atoms with van der Waals surface area (Å²) in [5.74, 6) is 1.64. The zero-order valence-electron chi connectivity index (χ0n) is 15.0. The van der Waals surface area contributed by atoms with Crippen LogP contribution in [0.5, 0.6) is 0 Å². The Bertz CT molecular complexity index is 873. The molecule has 2 aromatic rings. The Labute approximate surface area is 148 Å². The third kappa shape index (κ3) is 2.21. The van der Waals surface area contributed by atoms with Crippen molar-refractivity contribution in [2.75, 3.05) is 0 Å². The van der Waals surface area contributed by atoms with Gasteiger partial charge in [-0.05, 0) is 67.9 Å². The molecular formula is C22H26N2O. The molecule has 1 amide bonds. The molecule has 2 fully saturated rings. The van der Waals surface area contributed by atoms with Gasteiger partial charge in [0.1, 0.15) is 0 Å². The summed E-state index contributed by atoms with van der Waals surface area (Å²) < 4.78 is 0. The highest BCUT2D eigenvalue weighted by Crippen LogP contribution is 2.70. The van der Waals surface area contributed by atoms with Crippen molar-refractivity contribution in [2.45, 2.75) is 45.6 Å². The number of para-hydroxylation sites is 1. The number of allylic oxidation sites excluding steroid dienone is 2. The lowest BCUT2D eigenvalue weighted by Crippen LogP contribution is -2.40. The summed E-state index contributed by atoms with van der Waals surface area (Å²) in [4.78, 5) is 16.2. The first-order chi connectivity index (χ1) is 12.1. The van der Waals surface area contributed by atoms with E-state index in [0.717, 1.165) is 12.8 Å². The van der Waals surface area contributed by atoms with Crippen LogP contribution in [0.4, 0.5) is 0 Å². The van der Waals surface area contributed by atoms with Crippen LogP contribution in [0.1, 0.15) is 37.3 Å². The zero-order valence-corrected chi connectivity index (χ0v) is 15.0. The molecule has 3 aliphatic rings. The zero-order chi connectivity index (χ0) is 17.2. The molecule has 1 spiro atoms. The number of carbonyl (C=O) groups excluding carboxylic acids is 1. The number of aromatic amines is 1. The Morgan fingerprint density at radius 1 is 1.36 bits per heavy atom. The highest BCUT2D eigenvalue weighted by atomic mass is 16.2. The number of amides is 1. The molecule has 0 saturated heterocycles. The number of carbonyl (C=O) groups is 1. The minimum Gasteiger partial charge on any atom is -0.361 e. The maximum absolute atomic E-state index is 12.9. The maximum atomic E-state index is 12.9. The van der Waals surface area contributed by atoms with E-state index in [1.165, 1.54) is 34.9 Å². The predicted octanol–water partition coefficient (Wildman–Crippen LogP) is 4.13.